The molecule has 2 saturated carbocycles. The van der Waals surface area contributed by atoms with E-state index in [1.54, 1.807) is 0 Å². The molecule has 3 aliphatic carbocycles. The average Bonchev–Trinajstić information content (AvgIpc) is 3.22. The third-order valence-corrected chi connectivity index (χ3v) is 9.05. The Morgan fingerprint density at radius 3 is 2.31 bits per heavy atom. The van der Waals surface area contributed by atoms with Crippen molar-refractivity contribution in [3.63, 3.8) is 0 Å². The summed E-state index contributed by atoms with van der Waals surface area (Å²) in [6.07, 6.45) is 6.21. The minimum Gasteiger partial charge on any atom is -0.489 e. The molecule has 0 aliphatic heterocycles. The maximum Gasteiger partial charge on any atom is 0.120 e. The molecular weight excluding hydrogens is 428 g/mol. The molecule has 2 nitrogen and oxygen atoms in total. The Kier molecular flexibility index (Phi) is 6.02. The number of ether oxygens (including phenoxy) is 2. The Labute approximate surface area is 210 Å². The topological polar surface area (TPSA) is 18.5 Å². The van der Waals surface area contributed by atoms with Crippen LogP contribution in [0.1, 0.15) is 60.8 Å². The Balaban J connectivity index is 1.18. The Bertz CT molecular complexity index is 1180. The maximum atomic E-state index is 6.58. The van der Waals surface area contributed by atoms with E-state index in [0.717, 1.165) is 18.6 Å². The second-order valence-electron chi connectivity index (χ2n) is 11.1. The van der Waals surface area contributed by atoms with Gasteiger partial charge in [-0.3, -0.25) is 0 Å². The first-order valence-electron chi connectivity index (χ1n) is 13.2. The minimum absolute atomic E-state index is 0.198. The van der Waals surface area contributed by atoms with E-state index in [1.807, 2.05) is 6.07 Å². The molecule has 2 heteroatoms. The first-order chi connectivity index (χ1) is 17.1. The highest BCUT2D eigenvalue weighted by molar-refractivity contribution is 5.45. The molecule has 6 rings (SSSR count). The number of rotatable bonds is 6. The van der Waals surface area contributed by atoms with E-state index in [4.69, 9.17) is 9.47 Å². The molecule has 0 spiro atoms. The van der Waals surface area contributed by atoms with E-state index in [1.165, 1.54) is 47.1 Å². The van der Waals surface area contributed by atoms with Crippen LogP contribution in [0.3, 0.4) is 0 Å². The van der Waals surface area contributed by atoms with Crippen molar-refractivity contribution < 1.29 is 9.47 Å². The molecule has 2 fully saturated rings. The van der Waals surface area contributed by atoms with Gasteiger partial charge in [-0.1, -0.05) is 85.8 Å². The lowest BCUT2D eigenvalue weighted by Crippen LogP contribution is -2.45. The van der Waals surface area contributed by atoms with Crippen LogP contribution in [-0.2, 0) is 24.4 Å². The molecule has 1 unspecified atom stereocenters. The standard InChI is InChI=1S/C33H36O2/c1-23-20-33(2)30(17-18-31(33)35-22-25-11-7-4-8-12-25)29-15-13-26-19-27(14-16-28(26)32(23)29)34-21-24-9-5-3-6-10-24/h3-12,14,16,19,29-32H,1,13,15,17-18,20-22H2,2H3/t29-,30-,31?,32+,33-/m0/s1. The van der Waals surface area contributed by atoms with Crippen LogP contribution in [0.25, 0.3) is 0 Å². The lowest BCUT2D eigenvalue weighted by molar-refractivity contribution is -0.0587. The smallest absolute Gasteiger partial charge is 0.120 e. The second kappa shape index (κ2) is 9.32. The monoisotopic (exact) mass is 464 g/mol. The van der Waals surface area contributed by atoms with Gasteiger partial charge in [-0.05, 0) is 78.3 Å². The zero-order chi connectivity index (χ0) is 23.8. The van der Waals surface area contributed by atoms with Crippen LogP contribution in [0, 0.1) is 17.3 Å². The molecule has 0 saturated heterocycles. The summed E-state index contributed by atoms with van der Waals surface area (Å²) in [6, 6.07) is 27.8. The fourth-order valence-electron chi connectivity index (χ4n) is 7.43. The first-order valence-corrected chi connectivity index (χ1v) is 13.2. The van der Waals surface area contributed by atoms with Gasteiger partial charge in [0.1, 0.15) is 12.4 Å². The number of fused-ring (bicyclic) bond motifs is 5. The highest BCUT2D eigenvalue weighted by Gasteiger charge is 2.56. The van der Waals surface area contributed by atoms with Crippen molar-refractivity contribution in [2.45, 2.75) is 64.3 Å². The zero-order valence-corrected chi connectivity index (χ0v) is 20.8. The quantitative estimate of drug-likeness (QED) is 0.346. The molecule has 0 bridgehead atoms. The van der Waals surface area contributed by atoms with Gasteiger partial charge in [-0.15, -0.1) is 0 Å². The van der Waals surface area contributed by atoms with E-state index in [-0.39, 0.29) is 5.41 Å². The van der Waals surface area contributed by atoms with Gasteiger partial charge in [0.15, 0.2) is 0 Å². The summed E-state index contributed by atoms with van der Waals surface area (Å²) < 4.78 is 12.7. The van der Waals surface area contributed by atoms with E-state index in [0.29, 0.717) is 37.1 Å². The molecule has 180 valence electrons. The van der Waals surface area contributed by atoms with Gasteiger partial charge in [0.25, 0.3) is 0 Å². The summed E-state index contributed by atoms with van der Waals surface area (Å²) in [7, 11) is 0. The van der Waals surface area contributed by atoms with Crippen LogP contribution in [0.4, 0.5) is 0 Å². The number of benzene rings is 3. The van der Waals surface area contributed by atoms with Crippen LogP contribution in [0.2, 0.25) is 0 Å². The zero-order valence-electron chi connectivity index (χ0n) is 20.8. The van der Waals surface area contributed by atoms with Gasteiger partial charge in [0, 0.05) is 11.3 Å². The van der Waals surface area contributed by atoms with Crippen LogP contribution < -0.4 is 4.74 Å². The highest BCUT2D eigenvalue weighted by atomic mass is 16.5. The number of hydrogen-bond donors (Lipinski definition) is 0. The van der Waals surface area contributed by atoms with Crippen molar-refractivity contribution in [3.8, 4) is 5.75 Å². The third kappa shape index (κ3) is 4.23. The van der Waals surface area contributed by atoms with Gasteiger partial charge >= 0.3 is 0 Å². The molecule has 0 heterocycles. The summed E-state index contributed by atoms with van der Waals surface area (Å²) >= 11 is 0. The van der Waals surface area contributed by atoms with Gasteiger partial charge in [-0.25, -0.2) is 0 Å². The molecule has 0 aromatic heterocycles. The largest absolute Gasteiger partial charge is 0.489 e. The van der Waals surface area contributed by atoms with Crippen molar-refractivity contribution in [2.75, 3.05) is 0 Å². The summed E-state index contributed by atoms with van der Waals surface area (Å²) in [5, 5.41) is 0. The van der Waals surface area contributed by atoms with Crippen molar-refractivity contribution in [2.24, 2.45) is 17.3 Å². The molecule has 0 radical (unpaired) electrons. The lowest BCUT2D eigenvalue weighted by Gasteiger charge is -2.51. The van der Waals surface area contributed by atoms with Crippen molar-refractivity contribution in [1.82, 2.24) is 0 Å². The Hall–Kier alpha value is -2.84. The van der Waals surface area contributed by atoms with Gasteiger partial charge < -0.3 is 9.47 Å². The Morgan fingerprint density at radius 1 is 0.857 bits per heavy atom. The number of hydrogen-bond acceptors (Lipinski definition) is 2. The molecule has 0 amide bonds. The van der Waals surface area contributed by atoms with E-state index in [2.05, 4.69) is 86.3 Å². The summed E-state index contributed by atoms with van der Waals surface area (Å²) in [6.45, 7) is 8.48. The van der Waals surface area contributed by atoms with Crippen LogP contribution in [0.5, 0.6) is 5.75 Å². The third-order valence-electron chi connectivity index (χ3n) is 9.05. The molecule has 3 aromatic rings. The molecular formula is C33H36O2. The van der Waals surface area contributed by atoms with E-state index >= 15 is 0 Å². The average molecular weight is 465 g/mol. The van der Waals surface area contributed by atoms with Gasteiger partial charge in [-0.2, -0.15) is 0 Å². The fourth-order valence-corrected chi connectivity index (χ4v) is 7.43. The molecule has 3 aliphatic rings. The SMILES string of the molecule is C=C1C[C@]2(C)C(OCc3ccccc3)CC[C@H]2[C@@H]2CCc3cc(OCc4ccccc4)ccc3[C@@H]12. The fraction of sp³-hybridized carbons (Fsp3) is 0.394. The molecule has 35 heavy (non-hydrogen) atoms. The van der Waals surface area contributed by atoms with Crippen molar-refractivity contribution in [3.05, 3.63) is 113 Å². The van der Waals surface area contributed by atoms with Gasteiger partial charge in [0.2, 0.25) is 0 Å². The van der Waals surface area contributed by atoms with E-state index < -0.39 is 0 Å². The minimum atomic E-state index is 0.198. The van der Waals surface area contributed by atoms with Crippen molar-refractivity contribution in [1.29, 1.82) is 0 Å². The van der Waals surface area contributed by atoms with Crippen LogP contribution in [-0.4, -0.2) is 6.10 Å². The number of allylic oxidation sites excluding steroid dienone is 1. The highest BCUT2D eigenvalue weighted by Crippen LogP contribution is 2.63. The Morgan fingerprint density at radius 2 is 1.57 bits per heavy atom. The second-order valence-corrected chi connectivity index (χ2v) is 11.1. The van der Waals surface area contributed by atoms with Gasteiger partial charge in [0.05, 0.1) is 12.7 Å². The first kappa shape index (κ1) is 22.6. The maximum absolute atomic E-state index is 6.58. The predicted molar refractivity (Wildman–Crippen MR) is 141 cm³/mol. The molecule has 5 atom stereocenters. The molecule has 0 N–H and O–H groups in total. The predicted octanol–water partition coefficient (Wildman–Crippen LogP) is 7.87. The van der Waals surface area contributed by atoms with E-state index in [9.17, 15) is 0 Å². The number of aryl methyl sites for hydroxylation is 1. The summed E-state index contributed by atoms with van der Waals surface area (Å²) in [5.74, 6) is 2.84. The summed E-state index contributed by atoms with van der Waals surface area (Å²) in [5.41, 5.74) is 7.02. The van der Waals surface area contributed by atoms with Crippen molar-refractivity contribution >= 4 is 0 Å². The van der Waals surface area contributed by atoms with Crippen LogP contribution in [0.15, 0.2) is 91.0 Å². The molecule has 3 aromatic carbocycles. The van der Waals surface area contributed by atoms with Crippen LogP contribution >= 0.6 is 0 Å². The lowest BCUT2D eigenvalue weighted by atomic mass is 9.54. The normalized spacial score (nSPS) is 29.2. The summed E-state index contributed by atoms with van der Waals surface area (Å²) in [4.78, 5) is 0.